The van der Waals surface area contributed by atoms with Crippen LogP contribution in [0, 0.1) is 0 Å². The van der Waals surface area contributed by atoms with Gasteiger partial charge in [0.25, 0.3) is 11.8 Å². The lowest BCUT2D eigenvalue weighted by atomic mass is 10.1. The summed E-state index contributed by atoms with van der Waals surface area (Å²) in [4.78, 5) is 38.5. The van der Waals surface area contributed by atoms with Gasteiger partial charge in [-0.1, -0.05) is 13.0 Å². The predicted molar refractivity (Wildman–Crippen MR) is 118 cm³/mol. The summed E-state index contributed by atoms with van der Waals surface area (Å²) < 4.78 is 0. The molecule has 30 heavy (non-hydrogen) atoms. The minimum absolute atomic E-state index is 0.00443. The molecule has 1 fully saturated rings. The van der Waals surface area contributed by atoms with Crippen LogP contribution in [-0.2, 0) is 4.79 Å². The van der Waals surface area contributed by atoms with E-state index in [4.69, 9.17) is 0 Å². The van der Waals surface area contributed by atoms with Gasteiger partial charge in [-0.3, -0.25) is 14.4 Å². The van der Waals surface area contributed by atoms with Crippen LogP contribution < -0.4 is 16.0 Å². The zero-order valence-electron chi connectivity index (χ0n) is 17.2. The van der Waals surface area contributed by atoms with Crippen LogP contribution in [0.3, 0.4) is 0 Å². The van der Waals surface area contributed by atoms with Gasteiger partial charge in [-0.05, 0) is 61.7 Å². The lowest BCUT2D eigenvalue weighted by molar-refractivity contribution is -0.114. The Kier molecular flexibility index (Phi) is 7.43. The van der Waals surface area contributed by atoms with Crippen molar-refractivity contribution in [2.45, 2.75) is 26.2 Å². The molecule has 3 amide bonds. The molecule has 0 radical (unpaired) electrons. The summed E-state index contributed by atoms with van der Waals surface area (Å²) in [5.41, 5.74) is 2.50. The van der Waals surface area contributed by atoms with E-state index in [9.17, 15) is 14.4 Å². The van der Waals surface area contributed by atoms with Crippen LogP contribution in [0.5, 0.6) is 0 Å². The predicted octanol–water partition coefficient (Wildman–Crippen LogP) is 3.11. The SMILES string of the molecule is CCCNC(=O)c1ccc(NCC(=O)Nc2cccc(C(=O)N3CCCC3)c2)cc1. The Balaban J connectivity index is 1.50. The van der Waals surface area contributed by atoms with E-state index in [-0.39, 0.29) is 24.3 Å². The van der Waals surface area contributed by atoms with E-state index < -0.39 is 0 Å². The number of anilines is 2. The summed E-state index contributed by atoms with van der Waals surface area (Å²) in [5.74, 6) is -0.320. The first-order valence-corrected chi connectivity index (χ1v) is 10.4. The summed E-state index contributed by atoms with van der Waals surface area (Å²) in [7, 11) is 0. The standard InChI is InChI=1S/C23H28N4O3/c1-2-12-24-22(29)17-8-10-19(11-9-17)25-16-21(28)26-20-7-5-6-18(15-20)23(30)27-13-3-4-14-27/h5-11,15,25H,2-4,12-14,16H2,1H3,(H,24,29)(H,26,28). The highest BCUT2D eigenvalue weighted by Crippen LogP contribution is 2.16. The van der Waals surface area contributed by atoms with E-state index in [0.717, 1.165) is 38.0 Å². The fraction of sp³-hybridized carbons (Fsp3) is 0.348. The van der Waals surface area contributed by atoms with Gasteiger partial charge in [0, 0.05) is 42.1 Å². The second-order valence-corrected chi connectivity index (χ2v) is 7.32. The second kappa shape index (κ2) is 10.4. The maximum Gasteiger partial charge on any atom is 0.253 e. The normalized spacial score (nSPS) is 13.0. The Morgan fingerprint density at radius 3 is 2.37 bits per heavy atom. The van der Waals surface area contributed by atoms with Gasteiger partial charge in [-0.2, -0.15) is 0 Å². The number of nitrogens with one attached hydrogen (secondary N) is 3. The number of nitrogens with zero attached hydrogens (tertiary/aromatic N) is 1. The molecule has 3 rings (SSSR count). The third-order valence-electron chi connectivity index (χ3n) is 4.92. The Morgan fingerprint density at radius 2 is 1.67 bits per heavy atom. The molecule has 0 bridgehead atoms. The van der Waals surface area contributed by atoms with Gasteiger partial charge in [-0.15, -0.1) is 0 Å². The van der Waals surface area contributed by atoms with Crippen molar-refractivity contribution in [3.63, 3.8) is 0 Å². The molecule has 7 heteroatoms. The average molecular weight is 409 g/mol. The summed E-state index contributed by atoms with van der Waals surface area (Å²) >= 11 is 0. The van der Waals surface area contributed by atoms with Gasteiger partial charge in [-0.25, -0.2) is 0 Å². The number of carbonyl (C=O) groups is 3. The molecule has 7 nitrogen and oxygen atoms in total. The van der Waals surface area contributed by atoms with E-state index in [0.29, 0.717) is 23.4 Å². The number of hydrogen-bond acceptors (Lipinski definition) is 4. The molecule has 1 heterocycles. The number of hydrogen-bond donors (Lipinski definition) is 3. The molecule has 0 aromatic heterocycles. The van der Waals surface area contributed by atoms with Crippen molar-refractivity contribution in [3.05, 3.63) is 59.7 Å². The second-order valence-electron chi connectivity index (χ2n) is 7.32. The molecule has 2 aromatic carbocycles. The molecule has 1 aliphatic heterocycles. The van der Waals surface area contributed by atoms with Crippen molar-refractivity contribution in [2.75, 3.05) is 36.8 Å². The number of amides is 3. The van der Waals surface area contributed by atoms with Gasteiger partial charge in [0.1, 0.15) is 0 Å². The van der Waals surface area contributed by atoms with Crippen LogP contribution >= 0.6 is 0 Å². The fourth-order valence-corrected chi connectivity index (χ4v) is 3.30. The molecule has 0 spiro atoms. The Hall–Kier alpha value is -3.35. The van der Waals surface area contributed by atoms with Crippen LogP contribution in [0.25, 0.3) is 0 Å². The molecular weight excluding hydrogens is 380 g/mol. The Labute approximate surface area is 176 Å². The number of carbonyl (C=O) groups excluding carboxylic acids is 3. The highest BCUT2D eigenvalue weighted by atomic mass is 16.2. The highest BCUT2D eigenvalue weighted by Gasteiger charge is 2.19. The fourth-order valence-electron chi connectivity index (χ4n) is 3.30. The molecule has 3 N–H and O–H groups in total. The lowest BCUT2D eigenvalue weighted by Gasteiger charge is -2.16. The average Bonchev–Trinajstić information content (AvgIpc) is 3.31. The molecular formula is C23H28N4O3. The van der Waals surface area contributed by atoms with Crippen LogP contribution in [0.1, 0.15) is 46.9 Å². The summed E-state index contributed by atoms with van der Waals surface area (Å²) in [6.45, 7) is 4.30. The number of rotatable bonds is 8. The maximum absolute atomic E-state index is 12.5. The van der Waals surface area contributed by atoms with E-state index in [1.54, 1.807) is 48.5 Å². The Bertz CT molecular complexity index is 890. The van der Waals surface area contributed by atoms with E-state index in [1.807, 2.05) is 11.8 Å². The number of likely N-dealkylation sites (tertiary alicyclic amines) is 1. The smallest absolute Gasteiger partial charge is 0.253 e. The van der Waals surface area contributed by atoms with Crippen molar-refractivity contribution in [2.24, 2.45) is 0 Å². The molecule has 0 atom stereocenters. The zero-order chi connectivity index (χ0) is 21.3. The summed E-state index contributed by atoms with van der Waals surface area (Å²) in [6, 6.07) is 14.0. The molecule has 158 valence electrons. The van der Waals surface area contributed by atoms with Crippen molar-refractivity contribution in [1.82, 2.24) is 10.2 Å². The first-order chi connectivity index (χ1) is 14.6. The van der Waals surface area contributed by atoms with E-state index in [1.165, 1.54) is 0 Å². The molecule has 1 saturated heterocycles. The van der Waals surface area contributed by atoms with Crippen LogP contribution in [0.4, 0.5) is 11.4 Å². The van der Waals surface area contributed by atoms with Crippen molar-refractivity contribution in [1.29, 1.82) is 0 Å². The third-order valence-corrected chi connectivity index (χ3v) is 4.92. The van der Waals surface area contributed by atoms with Gasteiger partial charge in [0.15, 0.2) is 0 Å². The Morgan fingerprint density at radius 1 is 0.933 bits per heavy atom. The topological polar surface area (TPSA) is 90.5 Å². The quantitative estimate of drug-likeness (QED) is 0.626. The molecule has 0 aliphatic carbocycles. The van der Waals surface area contributed by atoms with Crippen molar-refractivity contribution in [3.8, 4) is 0 Å². The third kappa shape index (κ3) is 5.83. The van der Waals surface area contributed by atoms with E-state index in [2.05, 4.69) is 16.0 Å². The minimum Gasteiger partial charge on any atom is -0.376 e. The summed E-state index contributed by atoms with van der Waals surface area (Å²) in [5, 5.41) is 8.68. The van der Waals surface area contributed by atoms with Gasteiger partial charge in [0.2, 0.25) is 5.91 Å². The molecule has 1 aliphatic rings. The van der Waals surface area contributed by atoms with Gasteiger partial charge >= 0.3 is 0 Å². The largest absolute Gasteiger partial charge is 0.376 e. The van der Waals surface area contributed by atoms with Gasteiger partial charge < -0.3 is 20.9 Å². The first kappa shape index (κ1) is 21.4. The van der Waals surface area contributed by atoms with Crippen LogP contribution in [-0.4, -0.2) is 48.8 Å². The molecule has 0 saturated carbocycles. The molecule has 2 aromatic rings. The van der Waals surface area contributed by atoms with E-state index >= 15 is 0 Å². The van der Waals surface area contributed by atoms with Gasteiger partial charge in [0.05, 0.1) is 6.54 Å². The van der Waals surface area contributed by atoms with Crippen molar-refractivity contribution >= 4 is 29.1 Å². The van der Waals surface area contributed by atoms with Crippen molar-refractivity contribution < 1.29 is 14.4 Å². The minimum atomic E-state index is -0.217. The maximum atomic E-state index is 12.5. The van der Waals surface area contributed by atoms with Crippen LogP contribution in [0.2, 0.25) is 0 Å². The highest BCUT2D eigenvalue weighted by molar-refractivity contribution is 5.98. The van der Waals surface area contributed by atoms with Crippen LogP contribution in [0.15, 0.2) is 48.5 Å². The number of benzene rings is 2. The lowest BCUT2D eigenvalue weighted by Crippen LogP contribution is -2.27. The zero-order valence-corrected chi connectivity index (χ0v) is 17.2. The monoisotopic (exact) mass is 408 g/mol. The molecule has 0 unspecified atom stereocenters. The summed E-state index contributed by atoms with van der Waals surface area (Å²) in [6.07, 6.45) is 2.96. The first-order valence-electron chi connectivity index (χ1n) is 10.4.